The van der Waals surface area contributed by atoms with Crippen molar-refractivity contribution in [1.82, 2.24) is 0 Å². The van der Waals surface area contributed by atoms with Gasteiger partial charge in [-0.15, -0.1) is 0 Å². The number of non-ortho nitro benzene ring substituents is 1. The number of carbonyl (C=O) groups is 1. The number of nitro benzene ring substituents is 1. The van der Waals surface area contributed by atoms with Crippen LogP contribution in [-0.4, -0.2) is 19.1 Å². The minimum Gasteiger partial charge on any atom is -0.382 e. The van der Waals surface area contributed by atoms with Crippen molar-refractivity contribution >= 4 is 21.6 Å². The largest absolute Gasteiger partial charge is 0.382 e. The molecule has 29 heavy (non-hydrogen) atoms. The maximum atomic E-state index is 13.0. The van der Waals surface area contributed by atoms with Gasteiger partial charge in [-0.3, -0.25) is 14.9 Å². The van der Waals surface area contributed by atoms with Gasteiger partial charge in [-0.05, 0) is 54.1 Å². The van der Waals surface area contributed by atoms with E-state index in [0.717, 1.165) is 0 Å². The standard InChI is InChI=1S/C20H14FNO6S/c21-17-7-3-15(4-8-17)20(23)16-5-11-19(12-6-16)28-29(26,27)13-14-1-9-18(10-2-14)22(24)25/h1-12H,13H2. The molecule has 3 aromatic carbocycles. The van der Waals surface area contributed by atoms with Crippen molar-refractivity contribution in [2.45, 2.75) is 5.75 Å². The third-order valence-corrected chi connectivity index (χ3v) is 5.07. The molecule has 0 aliphatic heterocycles. The second-order valence-corrected chi connectivity index (χ2v) is 7.64. The van der Waals surface area contributed by atoms with E-state index in [4.69, 9.17) is 4.18 Å². The van der Waals surface area contributed by atoms with Crippen LogP contribution in [0.1, 0.15) is 21.5 Å². The van der Waals surface area contributed by atoms with Crippen LogP contribution in [0.3, 0.4) is 0 Å². The van der Waals surface area contributed by atoms with Gasteiger partial charge in [-0.1, -0.05) is 12.1 Å². The van der Waals surface area contributed by atoms with Crippen LogP contribution in [0, 0.1) is 15.9 Å². The Morgan fingerprint density at radius 3 is 1.93 bits per heavy atom. The minimum absolute atomic E-state index is 0.0163. The third kappa shape index (κ3) is 5.23. The summed E-state index contributed by atoms with van der Waals surface area (Å²) >= 11 is 0. The van der Waals surface area contributed by atoms with Gasteiger partial charge in [-0.2, -0.15) is 8.42 Å². The highest BCUT2D eigenvalue weighted by atomic mass is 32.2. The number of carbonyl (C=O) groups excluding carboxylic acids is 1. The zero-order valence-corrected chi connectivity index (χ0v) is 15.6. The molecule has 0 heterocycles. The molecule has 0 aliphatic carbocycles. The Labute approximate surface area is 165 Å². The Kier molecular flexibility index (Phi) is 5.69. The second-order valence-electron chi connectivity index (χ2n) is 6.07. The predicted octanol–water partition coefficient (Wildman–Crippen LogP) is 3.87. The third-order valence-electron chi connectivity index (χ3n) is 3.94. The van der Waals surface area contributed by atoms with Crippen LogP contribution in [0.15, 0.2) is 72.8 Å². The van der Waals surface area contributed by atoms with Crippen molar-refractivity contribution in [3.05, 3.63) is 105 Å². The van der Waals surface area contributed by atoms with Crippen molar-refractivity contribution < 1.29 is 26.7 Å². The van der Waals surface area contributed by atoms with Crippen LogP contribution < -0.4 is 4.18 Å². The molecule has 3 aromatic rings. The van der Waals surface area contributed by atoms with Crippen LogP contribution in [0.5, 0.6) is 5.75 Å². The first-order valence-corrected chi connectivity index (χ1v) is 9.87. The zero-order chi connectivity index (χ0) is 21.0. The van der Waals surface area contributed by atoms with E-state index >= 15 is 0 Å². The van der Waals surface area contributed by atoms with Gasteiger partial charge in [0.1, 0.15) is 17.3 Å². The molecule has 0 aliphatic rings. The minimum atomic E-state index is -4.01. The fraction of sp³-hybridized carbons (Fsp3) is 0.0500. The van der Waals surface area contributed by atoms with Gasteiger partial charge < -0.3 is 4.18 Å². The van der Waals surface area contributed by atoms with Crippen LogP contribution in [0.2, 0.25) is 0 Å². The number of halogens is 1. The Balaban J connectivity index is 1.68. The number of hydrogen-bond donors (Lipinski definition) is 0. The van der Waals surface area contributed by atoms with Gasteiger partial charge in [-0.25, -0.2) is 4.39 Å². The molecule has 0 saturated carbocycles. The van der Waals surface area contributed by atoms with E-state index in [1.807, 2.05) is 0 Å². The average molecular weight is 415 g/mol. The lowest BCUT2D eigenvalue weighted by molar-refractivity contribution is -0.384. The summed E-state index contributed by atoms with van der Waals surface area (Å²) in [6, 6.07) is 15.6. The molecule has 9 heteroatoms. The Morgan fingerprint density at radius 2 is 1.41 bits per heavy atom. The molecule has 0 unspecified atom stereocenters. The van der Waals surface area contributed by atoms with Crippen LogP contribution in [0.25, 0.3) is 0 Å². The normalized spacial score (nSPS) is 11.1. The van der Waals surface area contributed by atoms with Gasteiger partial charge in [0.2, 0.25) is 0 Å². The fourth-order valence-corrected chi connectivity index (χ4v) is 3.59. The molecule has 7 nitrogen and oxygen atoms in total. The summed E-state index contributed by atoms with van der Waals surface area (Å²) in [4.78, 5) is 22.4. The van der Waals surface area contributed by atoms with E-state index in [2.05, 4.69) is 0 Å². The Bertz CT molecular complexity index is 1140. The number of benzene rings is 3. The molecule has 0 atom stereocenters. The number of ketones is 1. The highest BCUT2D eigenvalue weighted by molar-refractivity contribution is 7.86. The molecule has 0 saturated heterocycles. The average Bonchev–Trinajstić information content (AvgIpc) is 2.68. The lowest BCUT2D eigenvalue weighted by Gasteiger charge is -2.08. The molecular weight excluding hydrogens is 401 g/mol. The number of hydrogen-bond acceptors (Lipinski definition) is 6. The molecule has 148 valence electrons. The maximum Gasteiger partial charge on any atom is 0.313 e. The van der Waals surface area contributed by atoms with Gasteiger partial charge in [0.25, 0.3) is 5.69 Å². The molecule has 0 amide bonds. The quantitative estimate of drug-likeness (QED) is 0.251. The molecule has 0 spiro atoms. The fourth-order valence-electron chi connectivity index (χ4n) is 2.52. The van der Waals surface area contributed by atoms with Crippen molar-refractivity contribution in [1.29, 1.82) is 0 Å². The van der Waals surface area contributed by atoms with Gasteiger partial charge in [0.05, 0.1) is 4.92 Å². The SMILES string of the molecule is O=C(c1ccc(F)cc1)c1ccc(OS(=O)(=O)Cc2ccc([N+](=O)[O-])cc2)cc1. The molecule has 3 rings (SSSR count). The topological polar surface area (TPSA) is 104 Å². The highest BCUT2D eigenvalue weighted by Gasteiger charge is 2.16. The van der Waals surface area contributed by atoms with Crippen LogP contribution in [-0.2, 0) is 15.9 Å². The molecule has 0 fully saturated rings. The Hall–Kier alpha value is -3.59. The first-order valence-electron chi connectivity index (χ1n) is 8.29. The Morgan fingerprint density at radius 1 is 0.897 bits per heavy atom. The van der Waals surface area contributed by atoms with Crippen LogP contribution in [0.4, 0.5) is 10.1 Å². The summed E-state index contributed by atoms with van der Waals surface area (Å²) < 4.78 is 42.4. The van der Waals surface area contributed by atoms with E-state index in [1.165, 1.54) is 72.8 Å². The molecule has 0 N–H and O–H groups in total. The number of nitrogens with zero attached hydrogens (tertiary/aromatic N) is 1. The highest BCUT2D eigenvalue weighted by Crippen LogP contribution is 2.20. The first-order chi connectivity index (χ1) is 13.7. The number of rotatable bonds is 7. The van der Waals surface area contributed by atoms with Crippen molar-refractivity contribution in [2.24, 2.45) is 0 Å². The maximum absolute atomic E-state index is 13.0. The first kappa shape index (κ1) is 20.2. The van der Waals surface area contributed by atoms with Crippen LogP contribution >= 0.6 is 0 Å². The molecule has 0 radical (unpaired) electrons. The van der Waals surface area contributed by atoms with E-state index in [9.17, 15) is 27.7 Å². The van der Waals surface area contributed by atoms with Crippen molar-refractivity contribution in [3.63, 3.8) is 0 Å². The zero-order valence-electron chi connectivity index (χ0n) is 14.8. The smallest absolute Gasteiger partial charge is 0.313 e. The molecule has 0 bridgehead atoms. The predicted molar refractivity (Wildman–Crippen MR) is 103 cm³/mol. The van der Waals surface area contributed by atoms with E-state index in [-0.39, 0.29) is 22.8 Å². The van der Waals surface area contributed by atoms with Gasteiger partial charge in [0, 0.05) is 23.3 Å². The lowest BCUT2D eigenvalue weighted by Crippen LogP contribution is -2.12. The van der Waals surface area contributed by atoms with E-state index in [1.54, 1.807) is 0 Å². The van der Waals surface area contributed by atoms with Crippen molar-refractivity contribution in [2.75, 3.05) is 0 Å². The molecular formula is C20H14FNO6S. The van der Waals surface area contributed by atoms with E-state index in [0.29, 0.717) is 11.1 Å². The van der Waals surface area contributed by atoms with Gasteiger partial charge >= 0.3 is 10.1 Å². The monoisotopic (exact) mass is 415 g/mol. The van der Waals surface area contributed by atoms with E-state index < -0.39 is 26.6 Å². The van der Waals surface area contributed by atoms with Gasteiger partial charge in [0.15, 0.2) is 5.78 Å². The molecule has 0 aromatic heterocycles. The lowest BCUT2D eigenvalue weighted by atomic mass is 10.0. The summed E-state index contributed by atoms with van der Waals surface area (Å²) in [7, 11) is -4.01. The summed E-state index contributed by atoms with van der Waals surface area (Å²) in [5, 5.41) is 10.6. The summed E-state index contributed by atoms with van der Waals surface area (Å²) in [6.07, 6.45) is 0. The second kappa shape index (κ2) is 8.19. The number of nitro groups is 1. The summed E-state index contributed by atoms with van der Waals surface area (Å²) in [6.45, 7) is 0. The van der Waals surface area contributed by atoms with Crippen molar-refractivity contribution in [3.8, 4) is 5.75 Å². The summed E-state index contributed by atoms with van der Waals surface area (Å²) in [5.41, 5.74) is 0.773. The summed E-state index contributed by atoms with van der Waals surface area (Å²) in [5.74, 6) is -1.25.